The highest BCUT2D eigenvalue weighted by Gasteiger charge is 2.18. The van der Waals surface area contributed by atoms with Crippen molar-refractivity contribution < 1.29 is 0 Å². The van der Waals surface area contributed by atoms with Crippen LogP contribution in [0.1, 0.15) is 23.7 Å². The molecule has 0 aliphatic carbocycles. The molecule has 1 atom stereocenters. The second-order valence-electron chi connectivity index (χ2n) is 4.85. The van der Waals surface area contributed by atoms with Crippen LogP contribution in [0.25, 0.3) is 16.9 Å². The first-order valence-corrected chi connectivity index (χ1v) is 8.02. The van der Waals surface area contributed by atoms with Crippen LogP contribution >= 0.6 is 39.1 Å². The minimum Gasteiger partial charge on any atom is -0.279 e. The number of aromatic nitrogens is 3. The molecule has 1 aromatic carbocycles. The Balaban J connectivity index is 2.33. The Morgan fingerprint density at radius 2 is 2.05 bits per heavy atom. The summed E-state index contributed by atoms with van der Waals surface area (Å²) in [5.74, 6) is 0.753. The Bertz CT molecular complexity index is 827. The van der Waals surface area contributed by atoms with Crippen LogP contribution in [0.4, 0.5) is 0 Å². The first-order valence-electron chi connectivity index (χ1n) is 6.42. The fraction of sp³-hybridized carbons (Fsp3) is 0.200. The molecule has 0 bridgehead atoms. The summed E-state index contributed by atoms with van der Waals surface area (Å²) in [5, 5.41) is 0.329. The summed E-state index contributed by atoms with van der Waals surface area (Å²) in [5.41, 5.74) is 3.61. The van der Waals surface area contributed by atoms with Crippen LogP contribution in [0.3, 0.4) is 0 Å². The largest absolute Gasteiger partial charge is 0.279 e. The lowest BCUT2D eigenvalue weighted by Crippen LogP contribution is -2.03. The Kier molecular flexibility index (Phi) is 3.95. The quantitative estimate of drug-likeness (QED) is 0.550. The predicted molar refractivity (Wildman–Crippen MR) is 90.6 cm³/mol. The van der Waals surface area contributed by atoms with Crippen LogP contribution in [-0.2, 0) is 0 Å². The molecule has 108 valence electrons. The Morgan fingerprint density at radius 1 is 1.29 bits per heavy atom. The molecule has 3 nitrogen and oxygen atoms in total. The fourth-order valence-corrected chi connectivity index (χ4v) is 2.79. The van der Waals surface area contributed by atoms with Gasteiger partial charge < -0.3 is 0 Å². The molecule has 0 aliphatic heterocycles. The van der Waals surface area contributed by atoms with Gasteiger partial charge in [0.25, 0.3) is 0 Å². The van der Waals surface area contributed by atoms with Crippen molar-refractivity contribution in [3.63, 3.8) is 0 Å². The summed E-state index contributed by atoms with van der Waals surface area (Å²) in [6, 6.07) is 7.89. The van der Waals surface area contributed by atoms with Crippen molar-refractivity contribution >= 4 is 50.3 Å². The van der Waals surface area contributed by atoms with Gasteiger partial charge in [-0.1, -0.05) is 27.5 Å². The SMILES string of the molecule is Cc1cc(-n2c(C(C)Cl)nc3cc(Cl)cnc32)ccc1Br. The molecule has 3 aromatic rings. The van der Waals surface area contributed by atoms with Crippen LogP contribution in [0, 0.1) is 6.92 Å². The van der Waals surface area contributed by atoms with Crippen LogP contribution in [0.2, 0.25) is 5.02 Å². The van der Waals surface area contributed by atoms with Crippen molar-refractivity contribution in [3.05, 3.63) is 51.3 Å². The van der Waals surface area contributed by atoms with Crippen LogP contribution in [0.15, 0.2) is 34.9 Å². The molecular weight excluding hydrogens is 373 g/mol. The van der Waals surface area contributed by atoms with Gasteiger partial charge >= 0.3 is 0 Å². The van der Waals surface area contributed by atoms with Crippen molar-refractivity contribution in [2.75, 3.05) is 0 Å². The molecule has 1 unspecified atom stereocenters. The van der Waals surface area contributed by atoms with Crippen molar-refractivity contribution in [1.29, 1.82) is 0 Å². The lowest BCUT2D eigenvalue weighted by molar-refractivity contribution is 0.876. The molecule has 2 aromatic heterocycles. The molecule has 2 heterocycles. The van der Waals surface area contributed by atoms with Crippen molar-refractivity contribution in [1.82, 2.24) is 14.5 Å². The van der Waals surface area contributed by atoms with E-state index in [4.69, 9.17) is 23.2 Å². The maximum Gasteiger partial charge on any atom is 0.164 e. The number of halogens is 3. The summed E-state index contributed by atoms with van der Waals surface area (Å²) in [6.45, 7) is 3.94. The van der Waals surface area contributed by atoms with Gasteiger partial charge in [0.1, 0.15) is 11.3 Å². The molecule has 0 fully saturated rings. The fourth-order valence-electron chi connectivity index (χ4n) is 2.25. The number of imidazole rings is 1. The van der Waals surface area contributed by atoms with Gasteiger partial charge in [0, 0.05) is 16.4 Å². The zero-order valence-electron chi connectivity index (χ0n) is 11.4. The second kappa shape index (κ2) is 5.59. The standard InChI is InChI=1S/C15H12BrCl2N3/c1-8-5-11(3-4-12(8)16)21-14(9(2)17)20-13-6-10(18)7-19-15(13)21/h3-7,9H,1-2H3. The smallest absolute Gasteiger partial charge is 0.164 e. The van der Waals surface area contributed by atoms with Gasteiger partial charge in [-0.25, -0.2) is 9.97 Å². The summed E-state index contributed by atoms with van der Waals surface area (Å²) in [4.78, 5) is 8.98. The van der Waals surface area contributed by atoms with E-state index in [2.05, 4.69) is 32.0 Å². The number of aryl methyl sites for hydroxylation is 1. The zero-order valence-corrected chi connectivity index (χ0v) is 14.5. The Hall–Kier alpha value is -1.10. The van der Waals surface area contributed by atoms with Crippen LogP contribution in [0.5, 0.6) is 0 Å². The van der Waals surface area contributed by atoms with E-state index in [0.717, 1.165) is 32.7 Å². The average Bonchev–Trinajstić information content (AvgIpc) is 2.80. The van der Waals surface area contributed by atoms with E-state index in [1.165, 1.54) is 0 Å². The van der Waals surface area contributed by atoms with E-state index in [1.807, 2.05) is 30.5 Å². The number of benzene rings is 1. The van der Waals surface area contributed by atoms with Gasteiger partial charge in [-0.05, 0) is 43.7 Å². The molecule has 0 saturated heterocycles. The monoisotopic (exact) mass is 383 g/mol. The Labute approximate surface area is 141 Å². The maximum absolute atomic E-state index is 6.29. The van der Waals surface area contributed by atoms with Crippen LogP contribution < -0.4 is 0 Å². The molecule has 3 rings (SSSR count). The zero-order chi connectivity index (χ0) is 15.1. The van der Waals surface area contributed by atoms with E-state index in [-0.39, 0.29) is 5.38 Å². The van der Waals surface area contributed by atoms with Gasteiger partial charge in [0.2, 0.25) is 0 Å². The molecular formula is C15H12BrCl2N3. The van der Waals surface area contributed by atoms with Gasteiger partial charge in [-0.15, -0.1) is 11.6 Å². The number of nitrogens with zero attached hydrogens (tertiary/aromatic N) is 3. The summed E-state index contributed by atoms with van der Waals surface area (Å²) < 4.78 is 3.04. The van der Waals surface area contributed by atoms with E-state index < -0.39 is 0 Å². The topological polar surface area (TPSA) is 30.7 Å². The highest BCUT2D eigenvalue weighted by atomic mass is 79.9. The highest BCUT2D eigenvalue weighted by molar-refractivity contribution is 9.10. The molecule has 0 aliphatic rings. The van der Waals surface area contributed by atoms with Crippen molar-refractivity contribution in [2.45, 2.75) is 19.2 Å². The minimum absolute atomic E-state index is 0.234. The van der Waals surface area contributed by atoms with Gasteiger partial charge in [0.15, 0.2) is 5.65 Å². The summed E-state index contributed by atoms with van der Waals surface area (Å²) in [6.07, 6.45) is 1.62. The molecule has 6 heteroatoms. The number of pyridine rings is 1. The predicted octanol–water partition coefficient (Wildman–Crippen LogP) is 5.44. The lowest BCUT2D eigenvalue weighted by Gasteiger charge is -2.11. The minimum atomic E-state index is -0.234. The van der Waals surface area contributed by atoms with Crippen molar-refractivity contribution in [3.8, 4) is 5.69 Å². The Morgan fingerprint density at radius 3 is 2.71 bits per heavy atom. The summed E-state index contributed by atoms with van der Waals surface area (Å²) >= 11 is 15.8. The second-order valence-corrected chi connectivity index (χ2v) is 6.80. The van der Waals surface area contributed by atoms with Gasteiger partial charge in [-0.3, -0.25) is 4.57 Å². The lowest BCUT2D eigenvalue weighted by atomic mass is 10.2. The molecule has 0 amide bonds. The molecule has 0 saturated carbocycles. The number of alkyl halides is 1. The third-order valence-corrected chi connectivity index (χ3v) is 4.54. The normalized spacial score (nSPS) is 12.8. The number of fused-ring (bicyclic) bond motifs is 1. The average molecular weight is 385 g/mol. The van der Waals surface area contributed by atoms with Crippen molar-refractivity contribution in [2.24, 2.45) is 0 Å². The first-order chi connectivity index (χ1) is 9.97. The van der Waals surface area contributed by atoms with Gasteiger partial charge in [0.05, 0.1) is 10.4 Å². The van der Waals surface area contributed by atoms with Gasteiger partial charge in [-0.2, -0.15) is 0 Å². The number of rotatable bonds is 2. The van der Waals surface area contributed by atoms with E-state index >= 15 is 0 Å². The van der Waals surface area contributed by atoms with E-state index in [1.54, 1.807) is 12.3 Å². The maximum atomic E-state index is 6.29. The van der Waals surface area contributed by atoms with E-state index in [9.17, 15) is 0 Å². The third kappa shape index (κ3) is 2.68. The third-order valence-electron chi connectivity index (χ3n) is 3.25. The number of hydrogen-bond donors (Lipinski definition) is 0. The molecule has 0 radical (unpaired) electrons. The highest BCUT2D eigenvalue weighted by Crippen LogP contribution is 2.29. The summed E-state index contributed by atoms with van der Waals surface area (Å²) in [7, 11) is 0. The number of hydrogen-bond acceptors (Lipinski definition) is 2. The van der Waals surface area contributed by atoms with E-state index in [0.29, 0.717) is 5.02 Å². The first kappa shape index (κ1) is 14.8. The van der Waals surface area contributed by atoms with Crippen LogP contribution in [-0.4, -0.2) is 14.5 Å². The molecule has 0 spiro atoms. The molecule has 21 heavy (non-hydrogen) atoms. The molecule has 0 N–H and O–H groups in total.